The zero-order valence-electron chi connectivity index (χ0n) is 26.5. The first-order chi connectivity index (χ1) is 18.2. The largest absolute Gasteiger partial charge is 0.351 e. The van der Waals surface area contributed by atoms with Gasteiger partial charge in [0.25, 0.3) is 0 Å². The molecular formula is C35H50N2O3. The lowest BCUT2D eigenvalue weighted by molar-refractivity contribution is -0.179. The molecule has 3 fully saturated rings. The fourth-order valence-electron chi connectivity index (χ4n) is 10.5. The topological polar surface area (TPSA) is 87.0 Å². The highest BCUT2D eigenvalue weighted by molar-refractivity contribution is 6.04. The van der Waals surface area contributed by atoms with Crippen LogP contribution in [-0.4, -0.2) is 23.0 Å². The maximum atomic E-state index is 14.6. The second kappa shape index (κ2) is 8.42. The fourth-order valence-corrected chi connectivity index (χ4v) is 10.5. The Bertz CT molecular complexity index is 1290. The number of nitrogens with one attached hydrogen (secondary N) is 1. The molecule has 0 bridgehead atoms. The van der Waals surface area contributed by atoms with Gasteiger partial charge in [-0.1, -0.05) is 60.1 Å². The predicted molar refractivity (Wildman–Crippen MR) is 157 cm³/mol. The smallest absolute Gasteiger partial charge is 0.226 e. The molecule has 0 heterocycles. The van der Waals surface area contributed by atoms with Crippen LogP contribution in [0.2, 0.25) is 0 Å². The third-order valence-electron chi connectivity index (χ3n) is 12.8. The average molecular weight is 547 g/mol. The molecule has 0 aromatic heterocycles. The van der Waals surface area contributed by atoms with E-state index in [2.05, 4.69) is 46.0 Å². The molecule has 0 aliphatic heterocycles. The molecule has 1 N–H and O–H groups in total. The first-order valence-corrected chi connectivity index (χ1v) is 15.5. The minimum Gasteiger partial charge on any atom is -0.351 e. The minimum atomic E-state index is -0.669. The van der Waals surface area contributed by atoms with Crippen LogP contribution in [0.1, 0.15) is 114 Å². The molecule has 5 aliphatic carbocycles. The van der Waals surface area contributed by atoms with Gasteiger partial charge in [-0.3, -0.25) is 14.4 Å². The van der Waals surface area contributed by atoms with Crippen LogP contribution in [0.15, 0.2) is 23.3 Å². The van der Waals surface area contributed by atoms with Gasteiger partial charge >= 0.3 is 0 Å². The van der Waals surface area contributed by atoms with E-state index in [0.717, 1.165) is 50.5 Å². The maximum absolute atomic E-state index is 14.6. The van der Waals surface area contributed by atoms with E-state index in [-0.39, 0.29) is 62.6 Å². The van der Waals surface area contributed by atoms with Crippen LogP contribution < -0.4 is 5.32 Å². The van der Waals surface area contributed by atoms with Crippen molar-refractivity contribution in [2.75, 3.05) is 0 Å². The van der Waals surface area contributed by atoms with Crippen molar-refractivity contribution >= 4 is 17.5 Å². The molecule has 7 atom stereocenters. The number of ketones is 2. The van der Waals surface area contributed by atoms with E-state index in [0.29, 0.717) is 0 Å². The number of Topliss-reactive ketones (excluding diaryl/α,β-unsaturated/α-hetero) is 1. The summed E-state index contributed by atoms with van der Waals surface area (Å²) in [4.78, 5) is 42.0. The average Bonchev–Trinajstić information content (AvgIpc) is 2.81. The van der Waals surface area contributed by atoms with Gasteiger partial charge in [0.05, 0.1) is 11.0 Å². The summed E-state index contributed by atoms with van der Waals surface area (Å²) in [5.74, 6) is -0.0121. The molecule has 5 rings (SSSR count). The van der Waals surface area contributed by atoms with Crippen LogP contribution in [-0.2, 0) is 14.4 Å². The van der Waals surface area contributed by atoms with Gasteiger partial charge in [-0.05, 0) is 99.9 Å². The number of hydrogen-bond donors (Lipinski definition) is 1. The number of hydrogen-bond acceptors (Lipinski definition) is 4. The molecule has 0 spiro atoms. The molecule has 5 heteroatoms. The number of allylic oxidation sites excluding steroid dienone is 4. The summed E-state index contributed by atoms with van der Waals surface area (Å²) in [5.41, 5.74) is -1.24. The van der Waals surface area contributed by atoms with E-state index in [4.69, 9.17) is 0 Å². The van der Waals surface area contributed by atoms with E-state index in [1.54, 1.807) is 0 Å². The maximum Gasteiger partial charge on any atom is 0.226 e. The zero-order valence-corrected chi connectivity index (χ0v) is 26.5. The normalized spacial score (nSPS) is 43.6. The molecule has 5 aliphatic rings. The highest BCUT2D eigenvalue weighted by Gasteiger charge is 2.70. The molecule has 0 aromatic carbocycles. The molecule has 40 heavy (non-hydrogen) atoms. The molecule has 1 amide bonds. The number of nitriles is 1. The summed E-state index contributed by atoms with van der Waals surface area (Å²) in [6.45, 7) is 21.5. The van der Waals surface area contributed by atoms with Crippen molar-refractivity contribution in [1.82, 2.24) is 5.32 Å². The Kier molecular flexibility index (Phi) is 6.16. The zero-order chi connectivity index (χ0) is 29.9. The summed E-state index contributed by atoms with van der Waals surface area (Å²) >= 11 is 0. The Morgan fingerprint density at radius 1 is 0.975 bits per heavy atom. The third-order valence-corrected chi connectivity index (χ3v) is 12.8. The van der Waals surface area contributed by atoms with Gasteiger partial charge in [-0.2, -0.15) is 5.26 Å². The van der Waals surface area contributed by atoms with Crippen LogP contribution in [0.25, 0.3) is 0 Å². The fraction of sp³-hybridized carbons (Fsp3) is 0.771. The Balaban J connectivity index is 1.68. The highest BCUT2D eigenvalue weighted by Crippen LogP contribution is 2.74. The molecule has 0 unspecified atom stereocenters. The van der Waals surface area contributed by atoms with Crippen LogP contribution in [0, 0.1) is 61.6 Å². The Morgan fingerprint density at radius 2 is 1.60 bits per heavy atom. The monoisotopic (exact) mass is 546 g/mol. The van der Waals surface area contributed by atoms with Crippen molar-refractivity contribution in [3.63, 3.8) is 0 Å². The predicted octanol–water partition coefficient (Wildman–Crippen LogP) is 7.12. The van der Waals surface area contributed by atoms with Gasteiger partial charge < -0.3 is 5.32 Å². The summed E-state index contributed by atoms with van der Waals surface area (Å²) in [5, 5.41) is 13.3. The van der Waals surface area contributed by atoms with E-state index >= 15 is 0 Å². The van der Waals surface area contributed by atoms with Crippen molar-refractivity contribution in [2.45, 2.75) is 120 Å². The number of amides is 1. The van der Waals surface area contributed by atoms with Crippen LogP contribution >= 0.6 is 0 Å². The molecule has 0 radical (unpaired) electrons. The van der Waals surface area contributed by atoms with Gasteiger partial charge in [0.1, 0.15) is 6.07 Å². The van der Waals surface area contributed by atoms with Crippen molar-refractivity contribution < 1.29 is 14.4 Å². The van der Waals surface area contributed by atoms with E-state index < -0.39 is 16.2 Å². The van der Waals surface area contributed by atoms with Crippen molar-refractivity contribution in [1.29, 1.82) is 5.26 Å². The Labute approximate surface area is 241 Å². The van der Waals surface area contributed by atoms with Crippen LogP contribution in [0.5, 0.6) is 0 Å². The number of rotatable bonds is 1. The SMILES string of the molecule is CC1(C)CC[C@]2(C(=O)NC(C)(C)C)CC[C@]3(C)[C@H](C(=O)C=C4[C@@]5(C)C=C(C#N)C(=O)C(C)(C)[C@@H]5CC[C@]43C)[C@@H]2C1. The first kappa shape index (κ1) is 29.3. The van der Waals surface area contributed by atoms with Gasteiger partial charge in [-0.15, -0.1) is 0 Å². The number of carbonyl (C=O) groups excluding carboxylic acids is 3. The van der Waals surface area contributed by atoms with Gasteiger partial charge in [0, 0.05) is 22.3 Å². The highest BCUT2D eigenvalue weighted by atomic mass is 16.2. The summed E-state index contributed by atoms with van der Waals surface area (Å²) in [6.07, 6.45) is 9.91. The lowest BCUT2D eigenvalue weighted by Crippen LogP contribution is -2.67. The second-order valence-corrected chi connectivity index (χ2v) is 17.1. The number of nitrogens with zero attached hydrogens (tertiary/aromatic N) is 1. The van der Waals surface area contributed by atoms with Crippen molar-refractivity contribution in [2.24, 2.45) is 50.2 Å². The molecule has 218 valence electrons. The summed E-state index contributed by atoms with van der Waals surface area (Å²) in [7, 11) is 0. The molecule has 0 saturated heterocycles. The third kappa shape index (κ3) is 3.73. The minimum absolute atomic E-state index is 0.0143. The van der Waals surface area contributed by atoms with E-state index in [1.807, 2.05) is 46.8 Å². The lowest BCUT2D eigenvalue weighted by Gasteiger charge is -2.69. The quantitative estimate of drug-likeness (QED) is 0.379. The summed E-state index contributed by atoms with van der Waals surface area (Å²) in [6, 6.07) is 2.19. The first-order valence-electron chi connectivity index (χ1n) is 15.5. The molecule has 0 aromatic rings. The second-order valence-electron chi connectivity index (χ2n) is 17.1. The van der Waals surface area contributed by atoms with Gasteiger partial charge in [-0.25, -0.2) is 0 Å². The van der Waals surface area contributed by atoms with E-state index in [9.17, 15) is 19.6 Å². The van der Waals surface area contributed by atoms with Gasteiger partial charge in [0.15, 0.2) is 11.6 Å². The van der Waals surface area contributed by atoms with Crippen molar-refractivity contribution in [3.8, 4) is 6.07 Å². The van der Waals surface area contributed by atoms with E-state index in [1.165, 1.54) is 0 Å². The van der Waals surface area contributed by atoms with Crippen molar-refractivity contribution in [3.05, 3.63) is 23.3 Å². The Morgan fingerprint density at radius 3 is 2.20 bits per heavy atom. The molecule has 5 nitrogen and oxygen atoms in total. The van der Waals surface area contributed by atoms with Crippen LogP contribution in [0.3, 0.4) is 0 Å². The number of fused-ring (bicyclic) bond motifs is 7. The number of carbonyl (C=O) groups is 3. The van der Waals surface area contributed by atoms with Gasteiger partial charge in [0.2, 0.25) is 5.91 Å². The van der Waals surface area contributed by atoms with Crippen LogP contribution in [0.4, 0.5) is 0 Å². The molecule has 3 saturated carbocycles. The Hall–Kier alpha value is -2.22. The lowest BCUT2D eigenvalue weighted by atomic mass is 9.34. The standard InChI is InChI=1S/C35H50N2O3/c1-29(2,3)37-28(40)35-15-13-30(4,5)19-22(35)26-23(38)17-25-32(8)18-21(20-36)27(39)31(6,7)24(32)11-12-33(25,9)34(26,10)14-16-35/h17-18,22,24,26H,11-16,19H2,1-10H3,(H,37,40)/t22-,24-,26-,32-,33+,34+,35-/m0/s1. The molecular weight excluding hydrogens is 496 g/mol. The summed E-state index contributed by atoms with van der Waals surface area (Å²) < 4.78 is 0.